The highest BCUT2D eigenvalue weighted by Crippen LogP contribution is 2.33. The van der Waals surface area contributed by atoms with Crippen molar-refractivity contribution in [3.05, 3.63) is 89.3 Å². The van der Waals surface area contributed by atoms with Crippen molar-refractivity contribution in [2.24, 2.45) is 4.99 Å². The molecule has 0 amide bonds. The van der Waals surface area contributed by atoms with Gasteiger partial charge in [0.1, 0.15) is 5.75 Å². The zero-order chi connectivity index (χ0) is 20.1. The van der Waals surface area contributed by atoms with Gasteiger partial charge < -0.3 is 9.47 Å². The van der Waals surface area contributed by atoms with E-state index < -0.39 is 0 Å². The number of nitrogens with zero attached hydrogens (tertiary/aromatic N) is 2. The number of aryl methyl sites for hydroxylation is 1. The highest BCUT2D eigenvalue weighted by molar-refractivity contribution is 6.15. The Labute approximate surface area is 195 Å². The molecule has 1 aliphatic rings. The molecule has 31 heavy (non-hydrogen) atoms. The molecular formula is C25H26Cl2N2O2. The number of allylic oxidation sites excluding steroid dienone is 1. The molecule has 6 heteroatoms. The quantitative estimate of drug-likeness (QED) is 0.428. The van der Waals surface area contributed by atoms with Gasteiger partial charge in [-0.2, -0.15) is 0 Å². The van der Waals surface area contributed by atoms with Crippen molar-refractivity contribution in [1.29, 1.82) is 0 Å². The second-order valence-electron chi connectivity index (χ2n) is 7.07. The summed E-state index contributed by atoms with van der Waals surface area (Å²) in [6.07, 6.45) is 7.90. The molecule has 4 nitrogen and oxygen atoms in total. The predicted octanol–water partition coefficient (Wildman–Crippen LogP) is 6.70. The van der Waals surface area contributed by atoms with Crippen molar-refractivity contribution in [3.63, 3.8) is 0 Å². The topological polar surface area (TPSA) is 43.7 Å². The fourth-order valence-corrected chi connectivity index (χ4v) is 3.47. The van der Waals surface area contributed by atoms with Crippen LogP contribution in [0.5, 0.6) is 17.2 Å². The molecule has 0 aliphatic carbocycles. The Balaban J connectivity index is 0.00000171. The maximum atomic E-state index is 6.04. The lowest BCUT2D eigenvalue weighted by Gasteiger charge is -2.17. The first-order valence-corrected chi connectivity index (χ1v) is 9.81. The molecule has 4 rings (SSSR count). The molecule has 3 aromatic rings. The summed E-state index contributed by atoms with van der Waals surface area (Å²) in [7, 11) is 1.67. The smallest absolute Gasteiger partial charge is 0.169 e. The van der Waals surface area contributed by atoms with E-state index in [2.05, 4.69) is 23.2 Å². The lowest BCUT2D eigenvalue weighted by atomic mass is 9.95. The van der Waals surface area contributed by atoms with Gasteiger partial charge in [0.2, 0.25) is 0 Å². The molecule has 0 N–H and O–H groups in total. The lowest BCUT2D eigenvalue weighted by Crippen LogP contribution is -2.11. The summed E-state index contributed by atoms with van der Waals surface area (Å²) in [6.45, 7) is 2.90. The minimum atomic E-state index is 0. The van der Waals surface area contributed by atoms with Gasteiger partial charge >= 0.3 is 0 Å². The minimum Gasteiger partial charge on any atom is -0.493 e. The summed E-state index contributed by atoms with van der Waals surface area (Å²) in [5.74, 6) is 2.20. The highest BCUT2D eigenvalue weighted by Gasteiger charge is 2.15. The van der Waals surface area contributed by atoms with E-state index in [-0.39, 0.29) is 24.8 Å². The van der Waals surface area contributed by atoms with Crippen molar-refractivity contribution in [2.45, 2.75) is 19.8 Å². The van der Waals surface area contributed by atoms with Gasteiger partial charge in [-0.3, -0.25) is 9.98 Å². The van der Waals surface area contributed by atoms with Gasteiger partial charge in [0.25, 0.3) is 0 Å². The molecule has 0 saturated carbocycles. The third-order valence-electron chi connectivity index (χ3n) is 4.86. The number of halogens is 2. The van der Waals surface area contributed by atoms with E-state index in [1.54, 1.807) is 13.3 Å². The van der Waals surface area contributed by atoms with Crippen molar-refractivity contribution in [2.75, 3.05) is 13.7 Å². The molecule has 0 bridgehead atoms. The van der Waals surface area contributed by atoms with Crippen LogP contribution in [0.2, 0.25) is 0 Å². The van der Waals surface area contributed by atoms with E-state index >= 15 is 0 Å². The van der Waals surface area contributed by atoms with Crippen molar-refractivity contribution in [1.82, 2.24) is 4.98 Å². The van der Waals surface area contributed by atoms with E-state index in [1.807, 2.05) is 55.6 Å². The zero-order valence-corrected chi connectivity index (χ0v) is 19.2. The van der Waals surface area contributed by atoms with Crippen LogP contribution in [0.4, 0.5) is 0 Å². The second-order valence-corrected chi connectivity index (χ2v) is 7.07. The van der Waals surface area contributed by atoms with Crippen LogP contribution in [-0.4, -0.2) is 24.4 Å². The normalized spacial score (nSPS) is 14.1. The molecule has 0 radical (unpaired) electrons. The molecule has 2 aromatic carbocycles. The summed E-state index contributed by atoms with van der Waals surface area (Å²) in [5, 5.41) is 0. The molecule has 0 atom stereocenters. The van der Waals surface area contributed by atoms with Crippen molar-refractivity contribution in [3.8, 4) is 17.2 Å². The van der Waals surface area contributed by atoms with Gasteiger partial charge in [0, 0.05) is 24.5 Å². The fourth-order valence-electron chi connectivity index (χ4n) is 3.47. The maximum absolute atomic E-state index is 6.04. The van der Waals surface area contributed by atoms with Crippen LogP contribution in [0, 0.1) is 6.92 Å². The molecule has 1 aliphatic heterocycles. The molecule has 0 spiro atoms. The molecule has 0 fully saturated rings. The predicted molar refractivity (Wildman–Crippen MR) is 132 cm³/mol. The molecule has 162 valence electrons. The van der Waals surface area contributed by atoms with Gasteiger partial charge in [0.15, 0.2) is 11.5 Å². The monoisotopic (exact) mass is 456 g/mol. The number of ether oxygens (including phenoxy) is 2. The maximum Gasteiger partial charge on any atom is 0.169 e. The van der Waals surface area contributed by atoms with Gasteiger partial charge in [-0.05, 0) is 78.9 Å². The van der Waals surface area contributed by atoms with E-state index in [4.69, 9.17) is 14.5 Å². The van der Waals surface area contributed by atoms with E-state index in [0.29, 0.717) is 11.5 Å². The number of methoxy groups -OCH3 is 1. The molecular weight excluding hydrogens is 431 g/mol. The number of hydrogen-bond acceptors (Lipinski definition) is 4. The number of pyridine rings is 1. The molecule has 0 saturated heterocycles. The van der Waals surface area contributed by atoms with Gasteiger partial charge in [-0.25, -0.2) is 0 Å². The van der Waals surface area contributed by atoms with E-state index in [1.165, 1.54) is 5.57 Å². The van der Waals surface area contributed by atoms with Crippen LogP contribution in [0.1, 0.15) is 29.5 Å². The standard InChI is InChI=1S/C25H24N2O2.2ClH/c1-18-6-3-9-22(14-18)29-23-11-10-19(16-24(23)28-2)15-20-7-5-13-27-25(20)21-8-4-12-26-17-21;;/h3-4,6,8-12,14-17H,5,7,13H2,1-2H3;2*1H/b20-15-;;. The number of rotatable bonds is 5. The first-order valence-electron chi connectivity index (χ1n) is 9.81. The van der Waals surface area contributed by atoms with Gasteiger partial charge in [-0.1, -0.05) is 18.2 Å². The summed E-state index contributed by atoms with van der Waals surface area (Å²) in [5.41, 5.74) is 5.53. The Morgan fingerprint density at radius 3 is 2.58 bits per heavy atom. The third-order valence-corrected chi connectivity index (χ3v) is 4.86. The number of aromatic nitrogens is 1. The minimum absolute atomic E-state index is 0. The van der Waals surface area contributed by atoms with Crippen LogP contribution in [0.15, 0.2) is 77.6 Å². The first kappa shape index (κ1) is 24.4. The third kappa shape index (κ3) is 6.09. The highest BCUT2D eigenvalue weighted by atomic mass is 35.5. The summed E-state index contributed by atoms with van der Waals surface area (Å²) in [4.78, 5) is 9.00. The summed E-state index contributed by atoms with van der Waals surface area (Å²) >= 11 is 0. The zero-order valence-electron chi connectivity index (χ0n) is 17.6. The van der Waals surface area contributed by atoms with E-state index in [0.717, 1.165) is 47.5 Å². The average molecular weight is 457 g/mol. The Kier molecular flexibility index (Phi) is 9.10. The van der Waals surface area contributed by atoms with Crippen molar-refractivity contribution < 1.29 is 9.47 Å². The molecule has 1 aromatic heterocycles. The SMILES string of the molecule is COc1cc(/C=C2/CCCN=C2c2cccnc2)ccc1Oc1cccc(C)c1.Cl.Cl. The first-order chi connectivity index (χ1) is 14.2. The second kappa shape index (κ2) is 11.5. The van der Waals surface area contributed by atoms with E-state index in [9.17, 15) is 0 Å². The van der Waals surface area contributed by atoms with Crippen LogP contribution >= 0.6 is 24.8 Å². The number of benzene rings is 2. The van der Waals surface area contributed by atoms with Gasteiger partial charge in [-0.15, -0.1) is 24.8 Å². The Morgan fingerprint density at radius 2 is 1.84 bits per heavy atom. The fraction of sp³-hybridized carbons (Fsp3) is 0.200. The average Bonchev–Trinajstić information content (AvgIpc) is 2.76. The Hall–Kier alpha value is -2.82. The molecule has 2 heterocycles. The Morgan fingerprint density at radius 1 is 0.968 bits per heavy atom. The largest absolute Gasteiger partial charge is 0.493 e. The summed E-state index contributed by atoms with van der Waals surface area (Å²) in [6, 6.07) is 18.0. The van der Waals surface area contributed by atoms with Crippen LogP contribution < -0.4 is 9.47 Å². The summed E-state index contributed by atoms with van der Waals surface area (Å²) < 4.78 is 11.6. The van der Waals surface area contributed by atoms with Crippen LogP contribution in [-0.2, 0) is 0 Å². The number of aliphatic imine (C=N–C) groups is 1. The Bertz CT molecular complexity index is 1070. The van der Waals surface area contributed by atoms with Crippen LogP contribution in [0.25, 0.3) is 6.08 Å². The lowest BCUT2D eigenvalue weighted by molar-refractivity contribution is 0.378. The van der Waals surface area contributed by atoms with Crippen LogP contribution in [0.3, 0.4) is 0 Å². The van der Waals surface area contributed by atoms with Crippen molar-refractivity contribution >= 4 is 36.6 Å². The number of hydrogen-bond donors (Lipinski definition) is 0. The molecule has 0 unspecified atom stereocenters. The van der Waals surface area contributed by atoms with Gasteiger partial charge in [0.05, 0.1) is 12.8 Å².